The van der Waals surface area contributed by atoms with Crippen LogP contribution in [0.3, 0.4) is 0 Å². The summed E-state index contributed by atoms with van der Waals surface area (Å²) in [5, 5.41) is 28.0. The minimum Gasteiger partial charge on any atom is -0.480 e. The van der Waals surface area contributed by atoms with Crippen LogP contribution in [-0.4, -0.2) is 150 Å². The highest BCUT2D eigenvalue weighted by molar-refractivity contribution is 5.98. The lowest BCUT2D eigenvalue weighted by molar-refractivity contribution is -0.142. The van der Waals surface area contributed by atoms with E-state index in [1.165, 1.54) is 18.7 Å². The molecule has 9 atom stereocenters. The molecule has 0 radical (unpaired) electrons. The predicted molar refractivity (Wildman–Crippen MR) is 269 cm³/mol. The molecule has 0 aromatic rings. The van der Waals surface area contributed by atoms with Gasteiger partial charge in [0.15, 0.2) is 5.96 Å². The van der Waals surface area contributed by atoms with Crippen LogP contribution in [0.2, 0.25) is 0 Å². The number of carboxylic acid groups (broad SMARTS) is 1. The van der Waals surface area contributed by atoms with E-state index in [2.05, 4.69) is 42.2 Å². The van der Waals surface area contributed by atoms with Crippen molar-refractivity contribution in [2.24, 2.45) is 51.4 Å². The van der Waals surface area contributed by atoms with Crippen molar-refractivity contribution >= 4 is 59.2 Å². The third kappa shape index (κ3) is 24.4. The van der Waals surface area contributed by atoms with E-state index in [9.17, 15) is 48.3 Å². The molecule has 1 aliphatic heterocycles. The molecule has 1 rings (SSSR count). The summed E-state index contributed by atoms with van der Waals surface area (Å²) in [6.07, 6.45) is 4.52. The molecule has 24 nitrogen and oxygen atoms in total. The molecular weight excluding hydrogens is 921 g/mol. The van der Waals surface area contributed by atoms with Crippen LogP contribution >= 0.6 is 0 Å². The summed E-state index contributed by atoms with van der Waals surface area (Å²) in [6, 6.07) is -9.95. The normalized spacial score (nSPS) is 16.9. The topological polar surface area (TPSA) is 404 Å². The van der Waals surface area contributed by atoms with Gasteiger partial charge in [-0.1, -0.05) is 48.0 Å². The summed E-state index contributed by atoms with van der Waals surface area (Å²) in [6.45, 7) is 15.0. The zero-order chi connectivity index (χ0) is 54.0. The average molecular weight is 1010 g/mol. The van der Waals surface area contributed by atoms with Crippen molar-refractivity contribution in [1.82, 2.24) is 42.1 Å². The van der Waals surface area contributed by atoms with E-state index >= 15 is 0 Å². The van der Waals surface area contributed by atoms with Crippen molar-refractivity contribution in [3.05, 3.63) is 0 Å². The molecule has 0 unspecified atom stereocenters. The van der Waals surface area contributed by atoms with Gasteiger partial charge in [0, 0.05) is 13.1 Å². The number of carbonyl (C=O) groups is 9. The Balaban J connectivity index is 3.35. The van der Waals surface area contributed by atoms with E-state index in [4.69, 9.17) is 28.7 Å². The summed E-state index contributed by atoms with van der Waals surface area (Å²) in [7, 11) is 0. The fourth-order valence-electron chi connectivity index (χ4n) is 7.93. The van der Waals surface area contributed by atoms with E-state index < -0.39 is 102 Å². The first-order valence-electron chi connectivity index (χ1n) is 25.2. The standard InChI is InChI=1S/C47H88N14O10/c1-26(2)23-34(41(65)57-32(16-10-12-20-49)39(63)55-30(8)46(70)71)59-43(67)36(25-28(5)6)60-42(66)35(24-27(3)4)58-40(64)33(17-13-21-53-47(51)52)56-38(62)29(7)54-44(68)37-18-14-22-61(37)45(69)31(50)15-9-11-19-48/h26-37H,9-25,48-50H2,1-8H3,(H,54,68)(H,55,63)(H,56,62)(H,57,65)(H,58,64)(H,59,67)(H,60,66)(H,70,71)(H4,51,52,53)/t29-,30-,31-,32-,33-,34-,35-,36-,37-/m0/s1. The van der Waals surface area contributed by atoms with E-state index in [-0.39, 0.29) is 74.7 Å². The maximum atomic E-state index is 14.2. The Kier molecular flexibility index (Phi) is 29.6. The summed E-state index contributed by atoms with van der Waals surface area (Å²) < 4.78 is 0. The number of carboxylic acids is 1. The first kappa shape index (κ1) is 63.4. The number of aliphatic imine (C=N–C) groups is 1. The molecule has 0 bridgehead atoms. The highest BCUT2D eigenvalue weighted by atomic mass is 16.4. The second kappa shape index (κ2) is 33.1. The summed E-state index contributed by atoms with van der Waals surface area (Å²) in [4.78, 5) is 127. The van der Waals surface area contributed by atoms with Crippen LogP contribution in [0.4, 0.5) is 0 Å². The number of carbonyl (C=O) groups excluding carboxylic acids is 8. The predicted octanol–water partition coefficient (Wildman–Crippen LogP) is -1.73. The molecule has 1 saturated heterocycles. The van der Waals surface area contributed by atoms with Crippen molar-refractivity contribution in [2.45, 2.75) is 193 Å². The molecule has 1 fully saturated rings. The molecule has 24 heteroatoms. The minimum absolute atomic E-state index is 0.0177. The van der Waals surface area contributed by atoms with Crippen LogP contribution in [0.15, 0.2) is 4.99 Å². The van der Waals surface area contributed by atoms with Gasteiger partial charge in [0.25, 0.3) is 0 Å². The molecular formula is C47H88N14O10. The second-order valence-corrected chi connectivity index (χ2v) is 19.8. The van der Waals surface area contributed by atoms with Crippen molar-refractivity contribution in [2.75, 3.05) is 26.2 Å². The Morgan fingerprint density at radius 3 is 1.39 bits per heavy atom. The molecule has 0 saturated carbocycles. The quantitative estimate of drug-likeness (QED) is 0.0194. The van der Waals surface area contributed by atoms with Crippen molar-refractivity contribution in [3.8, 4) is 0 Å². The van der Waals surface area contributed by atoms with Gasteiger partial charge in [-0.2, -0.15) is 0 Å². The van der Waals surface area contributed by atoms with E-state index in [0.717, 1.165) is 0 Å². The van der Waals surface area contributed by atoms with Crippen LogP contribution in [0.5, 0.6) is 0 Å². The van der Waals surface area contributed by atoms with E-state index in [1.54, 1.807) is 0 Å². The number of hydrogen-bond acceptors (Lipinski definition) is 13. The Bertz CT molecular complexity index is 1780. The molecule has 71 heavy (non-hydrogen) atoms. The van der Waals surface area contributed by atoms with Crippen LogP contribution in [0, 0.1) is 17.8 Å². The van der Waals surface area contributed by atoms with Gasteiger partial charge >= 0.3 is 5.97 Å². The van der Waals surface area contributed by atoms with Crippen molar-refractivity contribution < 1.29 is 48.3 Å². The fraction of sp³-hybridized carbons (Fsp3) is 0.787. The molecule has 406 valence electrons. The Morgan fingerprint density at radius 1 is 0.549 bits per heavy atom. The third-order valence-corrected chi connectivity index (χ3v) is 11.8. The summed E-state index contributed by atoms with van der Waals surface area (Å²) >= 11 is 0. The number of amides is 8. The lowest BCUT2D eigenvalue weighted by atomic mass is 9.98. The molecule has 1 heterocycles. The molecule has 0 aromatic carbocycles. The number of aliphatic carboxylic acids is 1. The van der Waals surface area contributed by atoms with Gasteiger partial charge < -0.3 is 75.9 Å². The Labute approximate surface area is 419 Å². The Hall–Kier alpha value is -5.62. The number of nitrogens with two attached hydrogens (primary N) is 5. The lowest BCUT2D eigenvalue weighted by Crippen LogP contribution is -2.60. The van der Waals surface area contributed by atoms with Crippen LogP contribution in [-0.2, 0) is 43.2 Å². The van der Waals surface area contributed by atoms with E-state index in [1.807, 2.05) is 41.5 Å². The van der Waals surface area contributed by atoms with Crippen LogP contribution in [0.25, 0.3) is 0 Å². The third-order valence-electron chi connectivity index (χ3n) is 11.8. The van der Waals surface area contributed by atoms with Gasteiger partial charge in [0.1, 0.15) is 48.3 Å². The highest BCUT2D eigenvalue weighted by Crippen LogP contribution is 2.20. The first-order chi connectivity index (χ1) is 33.3. The molecule has 0 spiro atoms. The fourth-order valence-corrected chi connectivity index (χ4v) is 7.93. The SMILES string of the molecule is CC(C)C[C@H](NC(=O)[C@H](CCCN=C(N)N)NC(=O)[C@H](C)NC(=O)[C@@H]1CCCN1C(=O)[C@@H](N)CCCCN)C(=O)N[C@@H](CC(C)C)C(=O)N[C@@H](CC(C)C)C(=O)N[C@@H](CCCCN)C(=O)N[C@@H](C)C(=O)O. The van der Waals surface area contributed by atoms with Crippen molar-refractivity contribution in [1.29, 1.82) is 0 Å². The van der Waals surface area contributed by atoms with Gasteiger partial charge in [-0.15, -0.1) is 0 Å². The second-order valence-electron chi connectivity index (χ2n) is 19.8. The molecule has 18 N–H and O–H groups in total. The van der Waals surface area contributed by atoms with E-state index in [0.29, 0.717) is 64.6 Å². The van der Waals surface area contributed by atoms with Gasteiger partial charge in [0.05, 0.1) is 6.04 Å². The number of hydrogen-bond donors (Lipinski definition) is 13. The minimum atomic E-state index is -1.26. The highest BCUT2D eigenvalue weighted by Gasteiger charge is 2.38. The summed E-state index contributed by atoms with van der Waals surface area (Å²) in [5.41, 5.74) is 28.4. The number of nitrogens with zero attached hydrogens (tertiary/aromatic N) is 2. The number of unbranched alkanes of at least 4 members (excludes halogenated alkanes) is 2. The first-order valence-corrected chi connectivity index (χ1v) is 25.2. The number of likely N-dealkylation sites (tertiary alicyclic amines) is 1. The Morgan fingerprint density at radius 2 is 0.958 bits per heavy atom. The lowest BCUT2D eigenvalue weighted by Gasteiger charge is -2.29. The average Bonchev–Trinajstić information content (AvgIpc) is 3.78. The largest absolute Gasteiger partial charge is 0.480 e. The monoisotopic (exact) mass is 1010 g/mol. The summed E-state index contributed by atoms with van der Waals surface area (Å²) in [5.74, 6) is -7.00. The van der Waals surface area contributed by atoms with Crippen molar-refractivity contribution in [3.63, 3.8) is 0 Å². The molecule has 1 aliphatic rings. The smallest absolute Gasteiger partial charge is 0.325 e. The van der Waals surface area contributed by atoms with Gasteiger partial charge in [-0.05, 0) is 122 Å². The van der Waals surface area contributed by atoms with Gasteiger partial charge in [0.2, 0.25) is 47.3 Å². The molecule has 0 aliphatic carbocycles. The number of rotatable bonds is 34. The van der Waals surface area contributed by atoms with Gasteiger partial charge in [-0.3, -0.25) is 48.1 Å². The van der Waals surface area contributed by atoms with Crippen LogP contribution in [0.1, 0.15) is 139 Å². The maximum absolute atomic E-state index is 14.2. The zero-order valence-corrected chi connectivity index (χ0v) is 43.4. The van der Waals surface area contributed by atoms with Crippen LogP contribution < -0.4 is 65.9 Å². The number of nitrogens with one attached hydrogen (secondary N) is 7. The maximum Gasteiger partial charge on any atom is 0.325 e. The zero-order valence-electron chi connectivity index (χ0n) is 43.4. The molecule has 8 amide bonds. The van der Waals surface area contributed by atoms with Gasteiger partial charge in [-0.25, -0.2) is 0 Å². The number of guanidine groups is 1. The molecule has 0 aromatic heterocycles.